The van der Waals surface area contributed by atoms with Gasteiger partial charge in [0, 0.05) is 12.6 Å². The largest absolute Gasteiger partial charge is 0.370 e. The maximum Gasteiger partial charge on any atom is 0.274 e. The second-order valence-corrected chi connectivity index (χ2v) is 5.43. The molecule has 1 aromatic heterocycles. The molecule has 0 aliphatic heterocycles. The van der Waals surface area contributed by atoms with Gasteiger partial charge in [0.2, 0.25) is 0 Å². The average molecular weight is 339 g/mol. The molecule has 0 radical (unpaired) electrons. The van der Waals surface area contributed by atoms with E-state index in [9.17, 15) is 4.79 Å². The average Bonchev–Trinajstić information content (AvgIpc) is 2.51. The summed E-state index contributed by atoms with van der Waals surface area (Å²) in [7, 11) is 0. The van der Waals surface area contributed by atoms with Crippen LogP contribution in [-0.2, 0) is 0 Å². The van der Waals surface area contributed by atoms with Gasteiger partial charge in [-0.3, -0.25) is 4.79 Å². The maximum absolute atomic E-state index is 12.3. The molecular formula is C15H16Cl2N4O. The van der Waals surface area contributed by atoms with E-state index in [0.717, 1.165) is 19.4 Å². The van der Waals surface area contributed by atoms with Crippen molar-refractivity contribution in [2.75, 3.05) is 17.2 Å². The van der Waals surface area contributed by atoms with E-state index in [1.165, 1.54) is 6.33 Å². The molecule has 0 bridgehead atoms. The van der Waals surface area contributed by atoms with E-state index < -0.39 is 5.91 Å². The normalized spacial score (nSPS) is 10.3. The van der Waals surface area contributed by atoms with Crippen molar-refractivity contribution in [1.82, 2.24) is 9.97 Å². The number of aromatic nitrogens is 2. The van der Waals surface area contributed by atoms with E-state index in [4.69, 9.17) is 23.2 Å². The van der Waals surface area contributed by atoms with Crippen molar-refractivity contribution in [3.05, 3.63) is 46.3 Å². The fourth-order valence-corrected chi connectivity index (χ4v) is 2.26. The standard InChI is InChI=1S/C15H16Cl2N4O/c1-2-3-7-18-13-8-12(19-9-20-13)15(22)21-14-10(16)5-4-6-11(14)17/h4-6,8-9H,2-3,7H2,1H3,(H,21,22)(H,18,19,20). The first kappa shape index (κ1) is 16.5. The van der Waals surface area contributed by atoms with Crippen molar-refractivity contribution in [2.45, 2.75) is 19.8 Å². The van der Waals surface area contributed by atoms with Crippen LogP contribution in [0.1, 0.15) is 30.3 Å². The second kappa shape index (κ2) is 7.96. The van der Waals surface area contributed by atoms with Crippen LogP contribution in [0.25, 0.3) is 0 Å². The molecule has 0 saturated heterocycles. The summed E-state index contributed by atoms with van der Waals surface area (Å²) < 4.78 is 0. The molecule has 0 atom stereocenters. The molecule has 22 heavy (non-hydrogen) atoms. The number of halogens is 2. The van der Waals surface area contributed by atoms with Crippen molar-refractivity contribution < 1.29 is 4.79 Å². The van der Waals surface area contributed by atoms with E-state index in [-0.39, 0.29) is 5.69 Å². The molecule has 0 spiro atoms. The van der Waals surface area contributed by atoms with Gasteiger partial charge in [0.15, 0.2) is 0 Å². The Hall–Kier alpha value is -1.85. The molecule has 116 valence electrons. The first-order valence-electron chi connectivity index (χ1n) is 6.93. The molecular weight excluding hydrogens is 323 g/mol. The minimum Gasteiger partial charge on any atom is -0.370 e. The summed E-state index contributed by atoms with van der Waals surface area (Å²) in [6.45, 7) is 2.90. The van der Waals surface area contributed by atoms with Gasteiger partial charge in [-0.15, -0.1) is 0 Å². The van der Waals surface area contributed by atoms with Crippen LogP contribution in [0, 0.1) is 0 Å². The number of benzene rings is 1. The Morgan fingerprint density at radius 3 is 2.64 bits per heavy atom. The number of rotatable bonds is 6. The number of carbonyl (C=O) groups is 1. The number of nitrogens with one attached hydrogen (secondary N) is 2. The van der Waals surface area contributed by atoms with Gasteiger partial charge in [0.05, 0.1) is 15.7 Å². The number of nitrogens with zero attached hydrogens (tertiary/aromatic N) is 2. The summed E-state index contributed by atoms with van der Waals surface area (Å²) in [6, 6.07) is 6.61. The lowest BCUT2D eigenvalue weighted by molar-refractivity contribution is 0.102. The Kier molecular flexibility index (Phi) is 5.98. The molecule has 0 saturated carbocycles. The lowest BCUT2D eigenvalue weighted by Crippen LogP contribution is -2.15. The van der Waals surface area contributed by atoms with Crippen LogP contribution in [0.4, 0.5) is 11.5 Å². The Bertz CT molecular complexity index is 643. The van der Waals surface area contributed by atoms with Crippen LogP contribution in [0.5, 0.6) is 0 Å². The van der Waals surface area contributed by atoms with Crippen LogP contribution < -0.4 is 10.6 Å². The van der Waals surface area contributed by atoms with E-state index >= 15 is 0 Å². The van der Waals surface area contributed by atoms with E-state index in [2.05, 4.69) is 27.5 Å². The number of amides is 1. The van der Waals surface area contributed by atoms with Gasteiger partial charge in [0.25, 0.3) is 5.91 Å². The zero-order chi connectivity index (χ0) is 15.9. The lowest BCUT2D eigenvalue weighted by Gasteiger charge is -2.09. The Balaban J connectivity index is 2.11. The molecule has 0 fully saturated rings. The van der Waals surface area contributed by atoms with E-state index in [0.29, 0.717) is 21.6 Å². The smallest absolute Gasteiger partial charge is 0.274 e. The predicted octanol–water partition coefficient (Wildman–Crippen LogP) is 4.25. The molecule has 1 aromatic carbocycles. The fourth-order valence-electron chi connectivity index (χ4n) is 1.77. The highest BCUT2D eigenvalue weighted by Gasteiger charge is 2.13. The second-order valence-electron chi connectivity index (χ2n) is 4.62. The van der Waals surface area contributed by atoms with E-state index in [1.807, 2.05) is 0 Å². The van der Waals surface area contributed by atoms with Crippen molar-refractivity contribution in [1.29, 1.82) is 0 Å². The number of hydrogen-bond acceptors (Lipinski definition) is 4. The molecule has 0 aliphatic rings. The number of unbranched alkanes of at least 4 members (excludes halogenated alkanes) is 1. The first-order chi connectivity index (χ1) is 10.6. The molecule has 1 amide bonds. The third-order valence-electron chi connectivity index (χ3n) is 2.94. The van der Waals surface area contributed by atoms with Crippen molar-refractivity contribution in [2.24, 2.45) is 0 Å². The van der Waals surface area contributed by atoms with Crippen LogP contribution in [0.3, 0.4) is 0 Å². The number of hydrogen-bond donors (Lipinski definition) is 2. The molecule has 5 nitrogen and oxygen atoms in total. The van der Waals surface area contributed by atoms with Crippen LogP contribution >= 0.6 is 23.2 Å². The Labute approximate surface area is 139 Å². The molecule has 2 aromatic rings. The van der Waals surface area contributed by atoms with Crippen LogP contribution in [0.15, 0.2) is 30.6 Å². The van der Waals surface area contributed by atoms with Gasteiger partial charge >= 0.3 is 0 Å². The summed E-state index contributed by atoms with van der Waals surface area (Å²) >= 11 is 12.1. The molecule has 0 aliphatic carbocycles. The third kappa shape index (κ3) is 4.32. The summed E-state index contributed by atoms with van der Waals surface area (Å²) in [5.41, 5.74) is 0.611. The van der Waals surface area contributed by atoms with Gasteiger partial charge in [0.1, 0.15) is 17.8 Å². The Morgan fingerprint density at radius 2 is 1.95 bits per heavy atom. The molecule has 1 heterocycles. The zero-order valence-electron chi connectivity index (χ0n) is 12.1. The number of carbonyl (C=O) groups excluding carboxylic acids is 1. The fraction of sp³-hybridized carbons (Fsp3) is 0.267. The third-order valence-corrected chi connectivity index (χ3v) is 3.57. The molecule has 2 N–H and O–H groups in total. The van der Waals surface area contributed by atoms with Gasteiger partial charge in [-0.1, -0.05) is 42.6 Å². The maximum atomic E-state index is 12.3. The van der Waals surface area contributed by atoms with Gasteiger partial charge in [-0.25, -0.2) is 9.97 Å². The van der Waals surface area contributed by atoms with Crippen molar-refractivity contribution >= 4 is 40.6 Å². The zero-order valence-corrected chi connectivity index (χ0v) is 13.6. The summed E-state index contributed by atoms with van der Waals surface area (Å²) in [6.07, 6.45) is 3.45. The van der Waals surface area contributed by atoms with Crippen LogP contribution in [0.2, 0.25) is 10.0 Å². The Morgan fingerprint density at radius 1 is 1.23 bits per heavy atom. The highest BCUT2D eigenvalue weighted by molar-refractivity contribution is 6.40. The summed E-state index contributed by atoms with van der Waals surface area (Å²) in [5, 5.41) is 6.56. The summed E-state index contributed by atoms with van der Waals surface area (Å²) in [5.74, 6) is 0.217. The first-order valence-corrected chi connectivity index (χ1v) is 7.68. The van der Waals surface area contributed by atoms with Crippen molar-refractivity contribution in [3.63, 3.8) is 0 Å². The van der Waals surface area contributed by atoms with Crippen molar-refractivity contribution in [3.8, 4) is 0 Å². The van der Waals surface area contributed by atoms with Gasteiger partial charge in [-0.05, 0) is 18.6 Å². The number of anilines is 2. The highest BCUT2D eigenvalue weighted by Crippen LogP contribution is 2.30. The summed E-state index contributed by atoms with van der Waals surface area (Å²) in [4.78, 5) is 20.3. The SMILES string of the molecule is CCCCNc1cc(C(=O)Nc2c(Cl)cccc2Cl)ncn1. The predicted molar refractivity (Wildman–Crippen MR) is 89.8 cm³/mol. The quantitative estimate of drug-likeness (QED) is 0.772. The monoisotopic (exact) mass is 338 g/mol. The minimum absolute atomic E-state index is 0.241. The van der Waals surface area contributed by atoms with Gasteiger partial charge < -0.3 is 10.6 Å². The molecule has 2 rings (SSSR count). The molecule has 7 heteroatoms. The molecule has 0 unspecified atom stereocenters. The highest BCUT2D eigenvalue weighted by atomic mass is 35.5. The minimum atomic E-state index is -0.393. The topological polar surface area (TPSA) is 66.9 Å². The number of para-hydroxylation sites is 1. The van der Waals surface area contributed by atoms with Gasteiger partial charge in [-0.2, -0.15) is 0 Å². The van der Waals surface area contributed by atoms with E-state index in [1.54, 1.807) is 24.3 Å². The lowest BCUT2D eigenvalue weighted by atomic mass is 10.3. The van der Waals surface area contributed by atoms with Crippen LogP contribution in [-0.4, -0.2) is 22.4 Å².